The number of amides is 1. The van der Waals surface area contributed by atoms with Gasteiger partial charge in [-0.25, -0.2) is 9.37 Å². The van der Waals surface area contributed by atoms with Crippen molar-refractivity contribution in [3.63, 3.8) is 0 Å². The molecule has 0 unspecified atom stereocenters. The van der Waals surface area contributed by atoms with Gasteiger partial charge in [0.25, 0.3) is 0 Å². The molecule has 1 heterocycles. The standard InChI is InChI=1S/C21H24FN3OS/c1-14-11-18-19(12-15(14)2)27-21(23-18)25(10-9-24(3)4)20(26)13-16-5-7-17(22)8-6-16/h5-8,11-12H,9-10,13H2,1-4H3. The number of nitrogens with zero attached hydrogens (tertiary/aromatic N) is 3. The molecule has 1 aromatic heterocycles. The molecule has 0 fully saturated rings. The van der Waals surface area contributed by atoms with Crippen LogP contribution in [0.2, 0.25) is 0 Å². The molecule has 4 nitrogen and oxygen atoms in total. The number of fused-ring (bicyclic) bond motifs is 1. The lowest BCUT2D eigenvalue weighted by atomic mass is 10.1. The number of rotatable bonds is 6. The second-order valence-corrected chi connectivity index (χ2v) is 8.06. The first kappa shape index (κ1) is 19.5. The predicted molar refractivity (Wildman–Crippen MR) is 110 cm³/mol. The number of carbonyl (C=O) groups excluding carboxylic acids is 1. The van der Waals surface area contributed by atoms with Gasteiger partial charge in [0.2, 0.25) is 5.91 Å². The van der Waals surface area contributed by atoms with Crippen molar-refractivity contribution in [1.82, 2.24) is 9.88 Å². The molecule has 0 bridgehead atoms. The van der Waals surface area contributed by atoms with Crippen LogP contribution in [0.15, 0.2) is 36.4 Å². The van der Waals surface area contributed by atoms with Crippen molar-refractivity contribution in [2.75, 3.05) is 32.1 Å². The highest BCUT2D eigenvalue weighted by Crippen LogP contribution is 2.31. The molecule has 0 saturated carbocycles. The molecule has 0 radical (unpaired) electrons. The van der Waals surface area contributed by atoms with E-state index in [9.17, 15) is 9.18 Å². The highest BCUT2D eigenvalue weighted by molar-refractivity contribution is 7.22. The highest BCUT2D eigenvalue weighted by Gasteiger charge is 2.20. The molecule has 0 aliphatic rings. The normalized spacial score (nSPS) is 11.3. The number of aromatic nitrogens is 1. The molecule has 6 heteroatoms. The molecule has 27 heavy (non-hydrogen) atoms. The fraction of sp³-hybridized carbons (Fsp3) is 0.333. The van der Waals surface area contributed by atoms with Gasteiger partial charge in [0.15, 0.2) is 5.13 Å². The van der Waals surface area contributed by atoms with Gasteiger partial charge in [-0.05, 0) is 68.9 Å². The largest absolute Gasteiger partial charge is 0.308 e. The van der Waals surface area contributed by atoms with E-state index in [2.05, 4.69) is 26.0 Å². The van der Waals surface area contributed by atoms with E-state index >= 15 is 0 Å². The molecule has 0 N–H and O–H groups in total. The highest BCUT2D eigenvalue weighted by atomic mass is 32.1. The van der Waals surface area contributed by atoms with Gasteiger partial charge < -0.3 is 4.90 Å². The number of thiazole rings is 1. The Balaban J connectivity index is 1.90. The average Bonchev–Trinajstić information content (AvgIpc) is 2.99. The topological polar surface area (TPSA) is 36.4 Å². The number of benzene rings is 2. The van der Waals surface area contributed by atoms with E-state index in [4.69, 9.17) is 4.98 Å². The number of hydrogen-bond acceptors (Lipinski definition) is 4. The average molecular weight is 386 g/mol. The number of carbonyl (C=O) groups is 1. The van der Waals surface area contributed by atoms with Crippen LogP contribution in [0.5, 0.6) is 0 Å². The Morgan fingerprint density at radius 1 is 1.07 bits per heavy atom. The SMILES string of the molecule is Cc1cc2nc(N(CCN(C)C)C(=O)Cc3ccc(F)cc3)sc2cc1C. The molecule has 0 spiro atoms. The molecule has 0 atom stereocenters. The van der Waals surface area contributed by atoms with Gasteiger partial charge in [0, 0.05) is 13.1 Å². The van der Waals surface area contributed by atoms with Crippen LogP contribution in [0.3, 0.4) is 0 Å². The van der Waals surface area contributed by atoms with Crippen molar-refractivity contribution in [2.24, 2.45) is 0 Å². The van der Waals surface area contributed by atoms with Gasteiger partial charge in [0.1, 0.15) is 5.82 Å². The van der Waals surface area contributed by atoms with Gasteiger partial charge in [-0.1, -0.05) is 23.5 Å². The lowest BCUT2D eigenvalue weighted by molar-refractivity contribution is -0.118. The van der Waals surface area contributed by atoms with E-state index in [1.54, 1.807) is 17.0 Å². The van der Waals surface area contributed by atoms with Crippen molar-refractivity contribution in [3.05, 3.63) is 58.9 Å². The second-order valence-electron chi connectivity index (χ2n) is 7.05. The Labute approximate surface area is 163 Å². The summed E-state index contributed by atoms with van der Waals surface area (Å²) in [5, 5.41) is 0.712. The van der Waals surface area contributed by atoms with E-state index in [1.807, 2.05) is 19.0 Å². The van der Waals surface area contributed by atoms with Crippen LogP contribution in [-0.4, -0.2) is 43.0 Å². The maximum atomic E-state index is 13.1. The molecule has 2 aromatic carbocycles. The van der Waals surface area contributed by atoms with Gasteiger partial charge in [-0.2, -0.15) is 0 Å². The maximum Gasteiger partial charge on any atom is 0.233 e. The second kappa shape index (κ2) is 8.15. The van der Waals surface area contributed by atoms with Crippen molar-refractivity contribution in [2.45, 2.75) is 20.3 Å². The van der Waals surface area contributed by atoms with Crippen LogP contribution < -0.4 is 4.90 Å². The van der Waals surface area contributed by atoms with Crippen molar-refractivity contribution in [3.8, 4) is 0 Å². The summed E-state index contributed by atoms with van der Waals surface area (Å²) in [6.07, 6.45) is 0.224. The third-order valence-corrected chi connectivity index (χ3v) is 5.61. The third kappa shape index (κ3) is 4.70. The van der Waals surface area contributed by atoms with Crippen molar-refractivity contribution < 1.29 is 9.18 Å². The Morgan fingerprint density at radius 2 is 1.74 bits per heavy atom. The molecular weight excluding hydrogens is 361 g/mol. The van der Waals surface area contributed by atoms with Crippen LogP contribution in [0, 0.1) is 19.7 Å². The van der Waals surface area contributed by atoms with Crippen molar-refractivity contribution >= 4 is 32.6 Å². The minimum Gasteiger partial charge on any atom is -0.308 e. The Bertz CT molecular complexity index is 911. The van der Waals surface area contributed by atoms with Gasteiger partial charge in [0.05, 0.1) is 16.6 Å². The molecule has 3 rings (SSSR count). The van der Waals surface area contributed by atoms with E-state index in [-0.39, 0.29) is 18.1 Å². The van der Waals surface area contributed by atoms with Crippen molar-refractivity contribution in [1.29, 1.82) is 0 Å². The fourth-order valence-corrected chi connectivity index (χ4v) is 3.87. The quantitative estimate of drug-likeness (QED) is 0.638. The van der Waals surface area contributed by atoms with Gasteiger partial charge in [-0.3, -0.25) is 9.69 Å². The summed E-state index contributed by atoms with van der Waals surface area (Å²) in [5.41, 5.74) is 4.12. The van der Waals surface area contributed by atoms with Crippen LogP contribution in [0.4, 0.5) is 9.52 Å². The lowest BCUT2D eigenvalue weighted by Crippen LogP contribution is -2.37. The Morgan fingerprint density at radius 3 is 2.41 bits per heavy atom. The van der Waals surface area contributed by atoms with E-state index in [1.165, 1.54) is 34.6 Å². The first-order valence-electron chi connectivity index (χ1n) is 8.91. The summed E-state index contributed by atoms with van der Waals surface area (Å²) in [6.45, 7) is 5.45. The Kier molecular flexibility index (Phi) is 5.87. The van der Waals surface area contributed by atoms with Gasteiger partial charge in [-0.15, -0.1) is 0 Å². The fourth-order valence-electron chi connectivity index (χ4n) is 2.78. The zero-order chi connectivity index (χ0) is 19.6. The monoisotopic (exact) mass is 385 g/mol. The zero-order valence-electron chi connectivity index (χ0n) is 16.1. The van der Waals surface area contributed by atoms with E-state index in [0.717, 1.165) is 22.3 Å². The van der Waals surface area contributed by atoms with Crippen LogP contribution in [-0.2, 0) is 11.2 Å². The van der Waals surface area contributed by atoms with Crippen LogP contribution >= 0.6 is 11.3 Å². The van der Waals surface area contributed by atoms with E-state index < -0.39 is 0 Å². The number of anilines is 1. The summed E-state index contributed by atoms with van der Waals surface area (Å²) < 4.78 is 14.2. The summed E-state index contributed by atoms with van der Waals surface area (Å²) in [6, 6.07) is 10.3. The number of likely N-dealkylation sites (N-methyl/N-ethyl adjacent to an activating group) is 1. The van der Waals surface area contributed by atoms with Crippen LogP contribution in [0.25, 0.3) is 10.2 Å². The number of aryl methyl sites for hydroxylation is 2. The molecule has 0 aliphatic heterocycles. The molecule has 0 aliphatic carbocycles. The van der Waals surface area contributed by atoms with E-state index in [0.29, 0.717) is 11.7 Å². The number of hydrogen-bond donors (Lipinski definition) is 0. The first-order chi connectivity index (χ1) is 12.8. The molecule has 0 saturated heterocycles. The lowest BCUT2D eigenvalue weighted by Gasteiger charge is -2.22. The smallest absolute Gasteiger partial charge is 0.233 e. The maximum absolute atomic E-state index is 13.1. The minimum atomic E-state index is -0.299. The molecule has 1 amide bonds. The summed E-state index contributed by atoms with van der Waals surface area (Å²) in [4.78, 5) is 21.5. The third-order valence-electron chi connectivity index (χ3n) is 4.56. The summed E-state index contributed by atoms with van der Waals surface area (Å²) in [7, 11) is 3.96. The minimum absolute atomic E-state index is 0.0315. The van der Waals surface area contributed by atoms with Gasteiger partial charge >= 0.3 is 0 Å². The summed E-state index contributed by atoms with van der Waals surface area (Å²) >= 11 is 1.54. The first-order valence-corrected chi connectivity index (χ1v) is 9.72. The molecule has 142 valence electrons. The predicted octanol–water partition coefficient (Wildman–Crippen LogP) is 4.19. The Hall–Kier alpha value is -2.31. The summed E-state index contributed by atoms with van der Waals surface area (Å²) in [5.74, 6) is -0.330. The molecular formula is C21H24FN3OS. The van der Waals surface area contributed by atoms with Crippen LogP contribution in [0.1, 0.15) is 16.7 Å². The number of halogens is 1. The zero-order valence-corrected chi connectivity index (χ0v) is 16.9. The molecule has 3 aromatic rings.